The highest BCUT2D eigenvalue weighted by atomic mass is 35.5. The van der Waals surface area contributed by atoms with Crippen LogP contribution in [-0.4, -0.2) is 6.54 Å². The zero-order chi connectivity index (χ0) is 37.7. The molecule has 2 heteroatoms. The molecule has 292 valence electrons. The lowest BCUT2D eigenvalue weighted by Crippen LogP contribution is -3.00. The molecule has 3 aliphatic carbocycles. The number of rotatable bonds is 18. The van der Waals surface area contributed by atoms with Gasteiger partial charge in [0.15, 0.2) is 0 Å². The van der Waals surface area contributed by atoms with E-state index in [4.69, 9.17) is 0 Å². The third kappa shape index (κ3) is 7.55. The van der Waals surface area contributed by atoms with Crippen LogP contribution in [0.2, 0.25) is 0 Å². The van der Waals surface area contributed by atoms with Crippen molar-refractivity contribution < 1.29 is 12.4 Å². The summed E-state index contributed by atoms with van der Waals surface area (Å²) >= 11 is 0. The Hall–Kier alpha value is -4.43. The van der Waals surface area contributed by atoms with Crippen LogP contribution in [0.3, 0.4) is 0 Å². The van der Waals surface area contributed by atoms with Gasteiger partial charge < -0.3 is 12.4 Å². The SMILES string of the molecule is CCCCCCCCCCCCCCCC[N+](c1cccc2c1Cc1ccccc1-2)(c1cccc2c1Cc1ccccc1-2)c1cccc2c1Cc1ccccc1-2.[Cl-]. The van der Waals surface area contributed by atoms with Crippen molar-refractivity contribution in [2.75, 3.05) is 6.54 Å². The molecule has 0 N–H and O–H groups in total. The Morgan fingerprint density at radius 1 is 0.333 bits per heavy atom. The molecule has 0 amide bonds. The number of unbranched alkanes of at least 4 members (excludes halogenated alkanes) is 13. The highest BCUT2D eigenvalue weighted by molar-refractivity contribution is 5.92. The minimum Gasteiger partial charge on any atom is -1.00 e. The molecule has 6 aromatic rings. The molecule has 3 aliphatic rings. The maximum Gasteiger partial charge on any atom is 0.147 e. The maximum atomic E-state index is 2.51. The van der Waals surface area contributed by atoms with Crippen molar-refractivity contribution in [1.29, 1.82) is 0 Å². The van der Waals surface area contributed by atoms with E-state index < -0.39 is 0 Å². The Bertz CT molecular complexity index is 2080. The van der Waals surface area contributed by atoms with Crippen LogP contribution in [0, 0.1) is 0 Å². The van der Waals surface area contributed by atoms with E-state index in [1.54, 1.807) is 0 Å². The van der Waals surface area contributed by atoms with Gasteiger partial charge in [-0.2, -0.15) is 0 Å². The van der Waals surface area contributed by atoms with Gasteiger partial charge >= 0.3 is 0 Å². The summed E-state index contributed by atoms with van der Waals surface area (Å²) in [6.45, 7) is 3.37. The molecule has 0 saturated heterocycles. The van der Waals surface area contributed by atoms with E-state index in [1.807, 2.05) is 0 Å². The van der Waals surface area contributed by atoms with Crippen molar-refractivity contribution in [3.05, 3.63) is 161 Å². The quantitative estimate of drug-likeness (QED) is 0.0602. The van der Waals surface area contributed by atoms with E-state index in [9.17, 15) is 0 Å². The van der Waals surface area contributed by atoms with Gasteiger partial charge in [0.05, 0.1) is 6.54 Å². The summed E-state index contributed by atoms with van der Waals surface area (Å²) in [6.07, 6.45) is 22.2. The molecule has 6 aromatic carbocycles. The van der Waals surface area contributed by atoms with Crippen molar-refractivity contribution in [2.45, 2.75) is 116 Å². The fraction of sp³-hybridized carbons (Fsp3) is 0.345. The first-order valence-corrected chi connectivity index (χ1v) is 22.3. The van der Waals surface area contributed by atoms with Crippen LogP contribution in [0.1, 0.15) is 130 Å². The number of nitrogens with zero attached hydrogens (tertiary/aromatic N) is 1. The van der Waals surface area contributed by atoms with E-state index in [0.29, 0.717) is 0 Å². The van der Waals surface area contributed by atoms with Crippen molar-refractivity contribution in [2.24, 2.45) is 0 Å². The standard InChI is InChI=1S/C55H60N.ClH/c1-2-3-4-5-6-7-8-9-10-11-12-13-14-21-37-56(53-34-22-31-47-44-28-18-15-25-41(44)38-50(47)53,54-35-23-32-48-45-29-19-16-26-42(45)39-51(48)54)55-36-24-33-49-46-30-20-17-27-43(46)40-52(49)55;/h15-20,22-36H,2-14,21,37-40H2,1H3;1H/q+1;/p-1. The highest BCUT2D eigenvalue weighted by Crippen LogP contribution is 2.57. The van der Waals surface area contributed by atoms with E-state index in [1.165, 1.54) is 174 Å². The Balaban J connectivity index is 0.00000455. The molecule has 0 bridgehead atoms. The predicted octanol–water partition coefficient (Wildman–Crippen LogP) is 12.9. The van der Waals surface area contributed by atoms with Crippen LogP contribution in [0.25, 0.3) is 33.4 Å². The fourth-order valence-electron chi connectivity index (χ4n) is 10.8. The summed E-state index contributed by atoms with van der Waals surface area (Å²) in [6, 6.07) is 49.3. The first-order valence-electron chi connectivity index (χ1n) is 22.3. The lowest BCUT2D eigenvalue weighted by Gasteiger charge is -2.41. The van der Waals surface area contributed by atoms with Gasteiger partial charge in [0.2, 0.25) is 0 Å². The molecule has 0 heterocycles. The van der Waals surface area contributed by atoms with Crippen LogP contribution < -0.4 is 16.9 Å². The zero-order valence-corrected chi connectivity index (χ0v) is 34.9. The summed E-state index contributed by atoms with van der Waals surface area (Å²) in [5, 5.41) is 0. The van der Waals surface area contributed by atoms with Gasteiger partial charge in [0, 0.05) is 54.2 Å². The molecular formula is C55H60ClN. The number of hydrogen-bond donors (Lipinski definition) is 0. The fourth-order valence-corrected chi connectivity index (χ4v) is 10.8. The lowest BCUT2D eigenvalue weighted by molar-refractivity contribution is -0.0000110. The number of benzene rings is 6. The number of halogens is 1. The summed E-state index contributed by atoms with van der Waals surface area (Å²) in [7, 11) is 0. The van der Waals surface area contributed by atoms with Gasteiger partial charge in [-0.15, -0.1) is 0 Å². The van der Waals surface area contributed by atoms with Crippen LogP contribution in [-0.2, 0) is 19.3 Å². The largest absolute Gasteiger partial charge is 1.00 e. The van der Waals surface area contributed by atoms with Crippen LogP contribution in [0.5, 0.6) is 0 Å². The molecule has 0 fully saturated rings. The molecule has 9 rings (SSSR count). The number of hydrogen-bond acceptors (Lipinski definition) is 0. The highest BCUT2D eigenvalue weighted by Gasteiger charge is 2.45. The van der Waals surface area contributed by atoms with Gasteiger partial charge in [0.25, 0.3) is 0 Å². The van der Waals surface area contributed by atoms with Crippen molar-refractivity contribution in [3.63, 3.8) is 0 Å². The predicted molar refractivity (Wildman–Crippen MR) is 240 cm³/mol. The monoisotopic (exact) mass is 769 g/mol. The zero-order valence-electron chi connectivity index (χ0n) is 34.2. The second-order valence-electron chi connectivity index (χ2n) is 17.0. The second-order valence-corrected chi connectivity index (χ2v) is 17.0. The van der Waals surface area contributed by atoms with Gasteiger partial charge in [-0.3, -0.25) is 0 Å². The van der Waals surface area contributed by atoms with Gasteiger partial charge in [-0.1, -0.05) is 193 Å². The summed E-state index contributed by atoms with van der Waals surface area (Å²) in [4.78, 5) is 0. The third-order valence-electron chi connectivity index (χ3n) is 13.6. The number of quaternary nitrogens is 1. The second kappa shape index (κ2) is 18.0. The molecule has 0 radical (unpaired) electrons. The summed E-state index contributed by atoms with van der Waals surface area (Å²) in [5.41, 5.74) is 21.9. The molecule has 57 heavy (non-hydrogen) atoms. The topological polar surface area (TPSA) is 0 Å². The van der Waals surface area contributed by atoms with E-state index in [0.717, 1.165) is 30.3 Å². The average Bonchev–Trinajstić information content (AvgIpc) is 3.94. The Kier molecular flexibility index (Phi) is 12.4. The van der Waals surface area contributed by atoms with Gasteiger partial charge in [-0.25, -0.2) is 4.48 Å². The van der Waals surface area contributed by atoms with Crippen molar-refractivity contribution in [1.82, 2.24) is 4.48 Å². The molecule has 0 unspecified atom stereocenters. The lowest BCUT2D eigenvalue weighted by atomic mass is 9.94. The van der Waals surface area contributed by atoms with Crippen molar-refractivity contribution >= 4 is 17.1 Å². The third-order valence-corrected chi connectivity index (χ3v) is 13.6. The van der Waals surface area contributed by atoms with Crippen LogP contribution >= 0.6 is 0 Å². The Morgan fingerprint density at radius 3 is 0.982 bits per heavy atom. The minimum absolute atomic E-state index is 0. The number of fused-ring (bicyclic) bond motifs is 9. The molecule has 0 aliphatic heterocycles. The molecule has 1 nitrogen and oxygen atoms in total. The van der Waals surface area contributed by atoms with E-state index in [2.05, 4.69) is 134 Å². The summed E-state index contributed by atoms with van der Waals surface area (Å²) < 4.78 is 0.781. The summed E-state index contributed by atoms with van der Waals surface area (Å²) in [5.74, 6) is 0. The average molecular weight is 771 g/mol. The van der Waals surface area contributed by atoms with Gasteiger partial charge in [-0.05, 0) is 62.9 Å². The van der Waals surface area contributed by atoms with E-state index in [-0.39, 0.29) is 12.4 Å². The normalized spacial score (nSPS) is 13.0. The van der Waals surface area contributed by atoms with E-state index >= 15 is 0 Å². The van der Waals surface area contributed by atoms with Crippen molar-refractivity contribution in [3.8, 4) is 33.4 Å². The molecule has 0 aromatic heterocycles. The van der Waals surface area contributed by atoms with Gasteiger partial charge in [0.1, 0.15) is 17.1 Å². The van der Waals surface area contributed by atoms with Crippen LogP contribution in [0.15, 0.2) is 127 Å². The first kappa shape index (κ1) is 39.4. The molecular weight excluding hydrogens is 710 g/mol. The Labute approximate surface area is 349 Å². The molecule has 0 atom stereocenters. The molecule has 0 spiro atoms. The Morgan fingerprint density at radius 2 is 0.632 bits per heavy atom. The smallest absolute Gasteiger partial charge is 0.147 e. The first-order chi connectivity index (χ1) is 27.8. The maximum absolute atomic E-state index is 2.51. The molecule has 0 saturated carbocycles. The minimum atomic E-state index is 0. The van der Waals surface area contributed by atoms with Crippen LogP contribution in [0.4, 0.5) is 17.1 Å².